The van der Waals surface area contributed by atoms with Gasteiger partial charge in [0.05, 0.1) is 24.5 Å². The topological polar surface area (TPSA) is 92.2 Å². The predicted molar refractivity (Wildman–Crippen MR) is 78.2 cm³/mol. The molecule has 0 aliphatic rings. The lowest BCUT2D eigenvalue weighted by molar-refractivity contribution is 0.196. The van der Waals surface area contributed by atoms with Gasteiger partial charge in [-0.3, -0.25) is 0 Å². The molecule has 1 aromatic carbocycles. The largest absolute Gasteiger partial charge is 0.394 e. The van der Waals surface area contributed by atoms with E-state index in [1.54, 1.807) is 31.2 Å². The molecule has 0 aliphatic heterocycles. The molecule has 2 aromatic rings. The van der Waals surface area contributed by atoms with Gasteiger partial charge in [0.25, 0.3) is 0 Å². The van der Waals surface area contributed by atoms with Crippen molar-refractivity contribution in [1.82, 2.24) is 14.7 Å². The molecular weight excluding hydrogens is 314 g/mol. The van der Waals surface area contributed by atoms with Gasteiger partial charge in [-0.1, -0.05) is 30.3 Å². The van der Waals surface area contributed by atoms with E-state index >= 15 is 0 Å². The number of aliphatic hydroxyl groups is 1. The van der Waals surface area contributed by atoms with Crippen molar-refractivity contribution in [3.8, 4) is 0 Å². The van der Waals surface area contributed by atoms with Gasteiger partial charge in [0.1, 0.15) is 4.90 Å². The monoisotopic (exact) mass is 327 g/mol. The Bertz CT molecular complexity index is 707. The van der Waals surface area contributed by atoms with Crippen LogP contribution in [0, 0.1) is 0 Å². The number of benzene rings is 1. The van der Waals surface area contributed by atoms with Crippen LogP contribution in [0.2, 0.25) is 5.28 Å². The van der Waals surface area contributed by atoms with Gasteiger partial charge < -0.3 is 5.11 Å². The molecule has 0 fully saturated rings. The van der Waals surface area contributed by atoms with E-state index in [1.807, 2.05) is 6.07 Å². The molecule has 0 radical (unpaired) electrons. The molecule has 8 heteroatoms. The first kappa shape index (κ1) is 15.8. The lowest BCUT2D eigenvalue weighted by atomic mass is 9.94. The molecule has 0 saturated heterocycles. The minimum atomic E-state index is -3.89. The second-order valence-electron chi connectivity index (χ2n) is 4.65. The SMILES string of the molecule is CC(CO)(NS(=O)(=O)c1cnc(Cl)nc1)c1ccccc1. The highest BCUT2D eigenvalue weighted by Gasteiger charge is 2.32. The number of rotatable bonds is 5. The van der Waals surface area contributed by atoms with Crippen molar-refractivity contribution in [2.75, 3.05) is 6.61 Å². The number of nitrogens with zero attached hydrogens (tertiary/aromatic N) is 2. The Morgan fingerprint density at radius 2 is 1.81 bits per heavy atom. The smallest absolute Gasteiger partial charge is 0.244 e. The van der Waals surface area contributed by atoms with Crippen molar-refractivity contribution in [3.05, 3.63) is 53.6 Å². The second kappa shape index (κ2) is 6.07. The molecule has 2 rings (SSSR count). The third-order valence-corrected chi connectivity index (χ3v) is 4.74. The van der Waals surface area contributed by atoms with Crippen LogP contribution in [0.5, 0.6) is 0 Å². The molecule has 1 heterocycles. The van der Waals surface area contributed by atoms with E-state index in [9.17, 15) is 13.5 Å². The van der Waals surface area contributed by atoms with Gasteiger partial charge >= 0.3 is 0 Å². The van der Waals surface area contributed by atoms with E-state index < -0.39 is 22.2 Å². The Morgan fingerprint density at radius 3 is 2.33 bits per heavy atom. The molecule has 0 spiro atoms. The number of aliphatic hydroxyl groups excluding tert-OH is 1. The summed E-state index contributed by atoms with van der Waals surface area (Å²) in [7, 11) is -3.89. The first-order valence-electron chi connectivity index (χ1n) is 6.05. The summed E-state index contributed by atoms with van der Waals surface area (Å²) >= 11 is 5.54. The molecule has 112 valence electrons. The molecule has 6 nitrogen and oxygen atoms in total. The quantitative estimate of drug-likeness (QED) is 0.808. The van der Waals surface area contributed by atoms with Gasteiger partial charge in [-0.05, 0) is 24.1 Å². The van der Waals surface area contributed by atoms with Crippen LogP contribution >= 0.6 is 11.6 Å². The fraction of sp³-hybridized carbons (Fsp3) is 0.231. The van der Waals surface area contributed by atoms with Crippen molar-refractivity contribution in [2.24, 2.45) is 0 Å². The fourth-order valence-corrected chi connectivity index (χ4v) is 3.16. The van der Waals surface area contributed by atoms with Gasteiger partial charge in [0, 0.05) is 0 Å². The van der Waals surface area contributed by atoms with E-state index in [4.69, 9.17) is 11.6 Å². The summed E-state index contributed by atoms with van der Waals surface area (Å²) in [6.45, 7) is 1.20. The van der Waals surface area contributed by atoms with E-state index in [1.165, 1.54) is 0 Å². The summed E-state index contributed by atoms with van der Waals surface area (Å²) in [4.78, 5) is 7.17. The first-order chi connectivity index (χ1) is 9.87. The van der Waals surface area contributed by atoms with Crippen LogP contribution in [0.3, 0.4) is 0 Å². The molecule has 1 atom stereocenters. The van der Waals surface area contributed by atoms with Gasteiger partial charge in [0.2, 0.25) is 15.3 Å². The molecule has 0 bridgehead atoms. The Kier molecular flexibility index (Phi) is 4.58. The Balaban J connectivity index is 2.35. The lowest BCUT2D eigenvalue weighted by Crippen LogP contribution is -2.46. The maximum absolute atomic E-state index is 12.3. The van der Waals surface area contributed by atoms with Crippen LogP contribution in [0.15, 0.2) is 47.6 Å². The summed E-state index contributed by atoms with van der Waals surface area (Å²) < 4.78 is 27.2. The third-order valence-electron chi connectivity index (χ3n) is 2.99. The average molecular weight is 328 g/mol. The minimum absolute atomic E-state index is 0.0399. The standard InChI is InChI=1S/C13H14ClN3O3S/c1-13(9-18,10-5-3-2-4-6-10)17-21(19,20)11-7-15-12(14)16-8-11/h2-8,17-18H,9H2,1H3. The molecule has 0 saturated carbocycles. The number of aromatic nitrogens is 2. The molecule has 1 aromatic heterocycles. The Hall–Kier alpha value is -1.54. The number of nitrogens with one attached hydrogen (secondary N) is 1. The highest BCUT2D eigenvalue weighted by atomic mass is 35.5. The van der Waals surface area contributed by atoms with Crippen molar-refractivity contribution in [1.29, 1.82) is 0 Å². The normalized spacial score (nSPS) is 14.6. The summed E-state index contributed by atoms with van der Waals surface area (Å²) in [5.74, 6) is 0. The molecule has 1 unspecified atom stereocenters. The average Bonchev–Trinajstić information content (AvgIpc) is 2.48. The first-order valence-corrected chi connectivity index (χ1v) is 7.91. The number of hydrogen-bond acceptors (Lipinski definition) is 5. The van der Waals surface area contributed by atoms with Crippen molar-refractivity contribution in [3.63, 3.8) is 0 Å². The van der Waals surface area contributed by atoms with Crippen molar-refractivity contribution < 1.29 is 13.5 Å². The van der Waals surface area contributed by atoms with Crippen LogP contribution in [-0.2, 0) is 15.6 Å². The molecular formula is C13H14ClN3O3S. The number of sulfonamides is 1. The van der Waals surface area contributed by atoms with Crippen LogP contribution in [0.4, 0.5) is 0 Å². The zero-order chi connectivity index (χ0) is 15.5. The highest BCUT2D eigenvalue weighted by molar-refractivity contribution is 7.89. The van der Waals surface area contributed by atoms with E-state index in [-0.39, 0.29) is 10.2 Å². The lowest BCUT2D eigenvalue weighted by Gasteiger charge is -2.28. The molecule has 2 N–H and O–H groups in total. The van der Waals surface area contributed by atoms with E-state index in [2.05, 4.69) is 14.7 Å². The van der Waals surface area contributed by atoms with Crippen molar-refractivity contribution >= 4 is 21.6 Å². The van der Waals surface area contributed by atoms with Crippen molar-refractivity contribution in [2.45, 2.75) is 17.4 Å². The zero-order valence-electron chi connectivity index (χ0n) is 11.2. The van der Waals surface area contributed by atoms with E-state index in [0.29, 0.717) is 5.56 Å². The number of halogens is 1. The third kappa shape index (κ3) is 3.56. The van der Waals surface area contributed by atoms with Gasteiger partial charge in [-0.15, -0.1) is 0 Å². The Labute approximate surface area is 127 Å². The van der Waals surface area contributed by atoms with Crippen LogP contribution in [-0.4, -0.2) is 30.1 Å². The summed E-state index contributed by atoms with van der Waals surface area (Å²) in [5.41, 5.74) is -0.509. The Morgan fingerprint density at radius 1 is 1.24 bits per heavy atom. The molecule has 0 aliphatic carbocycles. The molecule has 21 heavy (non-hydrogen) atoms. The summed E-state index contributed by atoms with van der Waals surface area (Å²) in [6.07, 6.45) is 2.22. The van der Waals surface area contributed by atoms with Crippen LogP contribution in [0.25, 0.3) is 0 Å². The maximum Gasteiger partial charge on any atom is 0.244 e. The maximum atomic E-state index is 12.3. The molecule has 0 amide bonds. The second-order valence-corrected chi connectivity index (χ2v) is 6.67. The van der Waals surface area contributed by atoms with Crippen LogP contribution in [0.1, 0.15) is 12.5 Å². The summed E-state index contributed by atoms with van der Waals surface area (Å²) in [5, 5.41) is 9.57. The van der Waals surface area contributed by atoms with Gasteiger partial charge in [-0.25, -0.2) is 18.4 Å². The van der Waals surface area contributed by atoms with Gasteiger partial charge in [0.15, 0.2) is 0 Å². The fourth-order valence-electron chi connectivity index (χ4n) is 1.78. The summed E-state index contributed by atoms with van der Waals surface area (Å²) in [6, 6.07) is 8.81. The predicted octanol–water partition coefficient (Wildman–Crippen LogP) is 1.32. The van der Waals surface area contributed by atoms with E-state index in [0.717, 1.165) is 12.4 Å². The zero-order valence-corrected chi connectivity index (χ0v) is 12.8. The number of hydrogen-bond donors (Lipinski definition) is 2. The minimum Gasteiger partial charge on any atom is -0.394 e. The highest BCUT2D eigenvalue weighted by Crippen LogP contribution is 2.23. The van der Waals surface area contributed by atoms with Crippen LogP contribution < -0.4 is 4.72 Å². The van der Waals surface area contributed by atoms with Gasteiger partial charge in [-0.2, -0.15) is 4.72 Å².